The first-order chi connectivity index (χ1) is 9.44. The van der Waals surface area contributed by atoms with E-state index in [-0.39, 0.29) is 11.5 Å². The van der Waals surface area contributed by atoms with Gasteiger partial charge in [-0.2, -0.15) is 0 Å². The largest absolute Gasteiger partial charge is 0.392 e. The fourth-order valence-corrected chi connectivity index (χ4v) is 3.78. The maximum Gasteiger partial charge on any atom is 0.262 e. The summed E-state index contributed by atoms with van der Waals surface area (Å²) in [6.45, 7) is -0.377. The molecule has 2 aromatic carbocycles. The van der Waals surface area contributed by atoms with E-state index in [9.17, 15) is 17.9 Å². The number of sulfonamides is 1. The van der Waals surface area contributed by atoms with Gasteiger partial charge in [-0.15, -0.1) is 0 Å². The lowest BCUT2D eigenvalue weighted by molar-refractivity contribution is 0.278. The van der Waals surface area contributed by atoms with Crippen LogP contribution in [0, 0.1) is 9.39 Å². The molecule has 2 rings (SSSR count). The summed E-state index contributed by atoms with van der Waals surface area (Å²) in [7, 11) is -3.83. The van der Waals surface area contributed by atoms with Crippen LogP contribution in [0.25, 0.3) is 0 Å². The Hall–Kier alpha value is -1.19. The summed E-state index contributed by atoms with van der Waals surface area (Å²) in [6.07, 6.45) is 0. The zero-order chi connectivity index (χ0) is 14.8. The molecule has 0 aliphatic heterocycles. The van der Waals surface area contributed by atoms with E-state index >= 15 is 0 Å². The van der Waals surface area contributed by atoms with E-state index in [4.69, 9.17) is 0 Å². The van der Waals surface area contributed by atoms with Crippen molar-refractivity contribution in [3.63, 3.8) is 0 Å². The molecule has 0 fully saturated rings. The average molecular weight is 407 g/mol. The Labute approximate surface area is 129 Å². The van der Waals surface area contributed by atoms with E-state index in [1.54, 1.807) is 12.1 Å². The number of rotatable bonds is 4. The number of aliphatic hydroxyl groups is 1. The van der Waals surface area contributed by atoms with Gasteiger partial charge in [-0.05, 0) is 52.4 Å². The quantitative estimate of drug-likeness (QED) is 0.767. The molecule has 0 spiro atoms. The van der Waals surface area contributed by atoms with Crippen molar-refractivity contribution >= 4 is 38.3 Å². The molecule has 106 valence electrons. The van der Waals surface area contributed by atoms with Crippen LogP contribution in [0.15, 0.2) is 47.4 Å². The number of hydrogen-bond acceptors (Lipinski definition) is 3. The lowest BCUT2D eigenvalue weighted by Gasteiger charge is -2.12. The van der Waals surface area contributed by atoms with Gasteiger partial charge in [-0.25, -0.2) is 12.8 Å². The van der Waals surface area contributed by atoms with Crippen molar-refractivity contribution in [3.8, 4) is 0 Å². The average Bonchev–Trinajstić information content (AvgIpc) is 2.42. The number of anilines is 1. The van der Waals surface area contributed by atoms with Crippen molar-refractivity contribution in [2.75, 3.05) is 4.72 Å². The van der Waals surface area contributed by atoms with Gasteiger partial charge in [0.1, 0.15) is 5.82 Å². The van der Waals surface area contributed by atoms with E-state index in [2.05, 4.69) is 4.72 Å². The molecule has 2 aromatic rings. The molecule has 0 amide bonds. The molecule has 0 unspecified atom stereocenters. The first kappa shape index (κ1) is 15.2. The molecule has 0 bridgehead atoms. The zero-order valence-corrected chi connectivity index (χ0v) is 13.2. The highest BCUT2D eigenvalue weighted by atomic mass is 127. The molecule has 0 aliphatic carbocycles. The molecule has 4 nitrogen and oxygen atoms in total. The van der Waals surface area contributed by atoms with Crippen LogP contribution in [-0.2, 0) is 16.6 Å². The molecule has 20 heavy (non-hydrogen) atoms. The molecule has 0 saturated carbocycles. The highest BCUT2D eigenvalue weighted by Gasteiger charge is 2.18. The van der Waals surface area contributed by atoms with Crippen LogP contribution in [0.5, 0.6) is 0 Å². The third-order valence-corrected chi connectivity index (χ3v) is 4.97. The molecule has 0 aliphatic rings. The minimum atomic E-state index is -3.83. The van der Waals surface area contributed by atoms with Crippen molar-refractivity contribution in [2.45, 2.75) is 11.5 Å². The van der Waals surface area contributed by atoms with Crippen LogP contribution in [0.1, 0.15) is 5.56 Å². The summed E-state index contributed by atoms with van der Waals surface area (Å²) < 4.78 is 40.4. The first-order valence-corrected chi connectivity index (χ1v) is 8.17. The molecule has 0 aromatic heterocycles. The Balaban J connectivity index is 2.41. The Morgan fingerprint density at radius 2 is 1.90 bits per heavy atom. The van der Waals surface area contributed by atoms with E-state index in [0.29, 0.717) is 14.8 Å². The molecular formula is C13H11FINO3S. The third-order valence-electron chi connectivity index (χ3n) is 2.61. The second-order valence-corrected chi connectivity index (χ2v) is 6.81. The molecule has 0 radical (unpaired) electrons. The van der Waals surface area contributed by atoms with Crippen molar-refractivity contribution in [3.05, 3.63) is 57.4 Å². The lowest BCUT2D eigenvalue weighted by atomic mass is 10.2. The summed E-state index contributed by atoms with van der Waals surface area (Å²) >= 11 is 1.85. The highest BCUT2D eigenvalue weighted by Crippen LogP contribution is 2.24. The predicted octanol–water partition coefficient (Wildman–Crippen LogP) is 2.72. The zero-order valence-electron chi connectivity index (χ0n) is 10.2. The third kappa shape index (κ3) is 3.28. The summed E-state index contributed by atoms with van der Waals surface area (Å²) in [5.41, 5.74) is 0.594. The molecule has 0 atom stereocenters. The number of aliphatic hydroxyl groups excluding tert-OH is 1. The minimum Gasteiger partial charge on any atom is -0.392 e. The Bertz CT molecular complexity index is 734. The summed E-state index contributed by atoms with van der Waals surface area (Å²) in [5, 5.41) is 9.20. The van der Waals surface area contributed by atoms with Gasteiger partial charge >= 0.3 is 0 Å². The van der Waals surface area contributed by atoms with Gasteiger partial charge in [0, 0.05) is 3.57 Å². The molecule has 2 N–H and O–H groups in total. The van der Waals surface area contributed by atoms with Gasteiger partial charge in [0.25, 0.3) is 10.0 Å². The van der Waals surface area contributed by atoms with Gasteiger partial charge in [-0.1, -0.05) is 18.2 Å². The fourth-order valence-electron chi connectivity index (χ4n) is 1.67. The monoisotopic (exact) mass is 407 g/mol. The van der Waals surface area contributed by atoms with Crippen molar-refractivity contribution < 1.29 is 17.9 Å². The molecular weight excluding hydrogens is 396 g/mol. The van der Waals surface area contributed by atoms with Gasteiger partial charge in [0.05, 0.1) is 17.2 Å². The minimum absolute atomic E-state index is 0.00243. The van der Waals surface area contributed by atoms with Crippen LogP contribution in [0.4, 0.5) is 10.1 Å². The van der Waals surface area contributed by atoms with Gasteiger partial charge in [-0.3, -0.25) is 4.72 Å². The SMILES string of the molecule is O=S(=O)(Nc1ccc(F)cc1I)c1ccccc1CO. The van der Waals surface area contributed by atoms with Crippen LogP contribution in [0.2, 0.25) is 0 Å². The Kier molecular flexibility index (Phi) is 4.61. The Morgan fingerprint density at radius 3 is 2.55 bits per heavy atom. The second-order valence-electron chi connectivity index (χ2n) is 4.00. The van der Waals surface area contributed by atoms with Crippen molar-refractivity contribution in [1.29, 1.82) is 0 Å². The van der Waals surface area contributed by atoms with Crippen LogP contribution >= 0.6 is 22.6 Å². The van der Waals surface area contributed by atoms with Crippen LogP contribution in [-0.4, -0.2) is 13.5 Å². The summed E-state index contributed by atoms with van der Waals surface area (Å²) in [6, 6.07) is 9.93. The van der Waals surface area contributed by atoms with Crippen LogP contribution < -0.4 is 4.72 Å². The number of nitrogens with one attached hydrogen (secondary N) is 1. The van der Waals surface area contributed by atoms with E-state index < -0.39 is 15.8 Å². The fraction of sp³-hybridized carbons (Fsp3) is 0.0769. The normalized spacial score (nSPS) is 11.3. The van der Waals surface area contributed by atoms with E-state index in [1.807, 2.05) is 22.6 Å². The topological polar surface area (TPSA) is 66.4 Å². The second kappa shape index (κ2) is 6.06. The molecule has 0 heterocycles. The number of benzene rings is 2. The summed E-state index contributed by atoms with van der Waals surface area (Å²) in [5.74, 6) is -0.437. The molecule has 0 saturated heterocycles. The first-order valence-electron chi connectivity index (χ1n) is 5.60. The maximum absolute atomic E-state index is 13.0. The van der Waals surface area contributed by atoms with Gasteiger partial charge in [0.2, 0.25) is 0 Å². The lowest BCUT2D eigenvalue weighted by Crippen LogP contribution is -2.15. The number of halogens is 2. The van der Waals surface area contributed by atoms with Gasteiger partial charge < -0.3 is 5.11 Å². The Morgan fingerprint density at radius 1 is 1.20 bits per heavy atom. The van der Waals surface area contributed by atoms with Gasteiger partial charge in [0.15, 0.2) is 0 Å². The van der Waals surface area contributed by atoms with E-state index in [0.717, 1.165) is 0 Å². The van der Waals surface area contributed by atoms with Crippen molar-refractivity contribution in [2.24, 2.45) is 0 Å². The number of hydrogen-bond donors (Lipinski definition) is 2. The van der Waals surface area contributed by atoms with Crippen molar-refractivity contribution in [1.82, 2.24) is 0 Å². The maximum atomic E-state index is 13.0. The van der Waals surface area contributed by atoms with Crippen LogP contribution in [0.3, 0.4) is 0 Å². The smallest absolute Gasteiger partial charge is 0.262 e. The molecule has 7 heteroatoms. The predicted molar refractivity (Wildman–Crippen MR) is 82.3 cm³/mol. The standard InChI is InChI=1S/C13H11FINO3S/c14-10-5-6-12(11(15)7-10)16-20(18,19)13-4-2-1-3-9(13)8-17/h1-7,16-17H,8H2. The highest BCUT2D eigenvalue weighted by molar-refractivity contribution is 14.1. The van der Waals surface area contributed by atoms with E-state index in [1.165, 1.54) is 30.3 Å². The summed E-state index contributed by atoms with van der Waals surface area (Å²) in [4.78, 5) is 0.00243.